The number of sulfone groups is 1. The maximum atomic E-state index is 12.9. The first kappa shape index (κ1) is 21.2. The van der Waals surface area contributed by atoms with Crippen LogP contribution in [0.4, 0.5) is 13.2 Å². The molecule has 1 fully saturated rings. The first-order valence-electron chi connectivity index (χ1n) is 8.27. The molecular weight excluding hydrogens is 383 g/mol. The fourth-order valence-corrected chi connectivity index (χ4v) is 4.02. The van der Waals surface area contributed by atoms with Crippen molar-refractivity contribution < 1.29 is 26.4 Å². The van der Waals surface area contributed by atoms with E-state index in [1.165, 1.54) is 0 Å². The van der Waals surface area contributed by atoms with Gasteiger partial charge < -0.3 is 5.32 Å². The maximum absolute atomic E-state index is 12.9. The van der Waals surface area contributed by atoms with Gasteiger partial charge in [0.15, 0.2) is 9.84 Å². The van der Waals surface area contributed by atoms with E-state index in [0.717, 1.165) is 6.92 Å². The maximum Gasteiger partial charge on any atom is 0.403 e. The minimum absolute atomic E-state index is 0.382. The Morgan fingerprint density at radius 2 is 1.89 bits per heavy atom. The Morgan fingerprint density at radius 3 is 2.37 bits per heavy atom. The third kappa shape index (κ3) is 6.22. The van der Waals surface area contributed by atoms with Crippen LogP contribution < -0.4 is 10.6 Å². The van der Waals surface area contributed by atoms with Gasteiger partial charge in [0.25, 0.3) is 0 Å². The van der Waals surface area contributed by atoms with Gasteiger partial charge in [-0.3, -0.25) is 10.1 Å². The molecule has 1 aromatic carbocycles. The lowest BCUT2D eigenvalue weighted by atomic mass is 10.2. The fourth-order valence-electron chi connectivity index (χ4n) is 2.45. The summed E-state index contributed by atoms with van der Waals surface area (Å²) in [6.45, 7) is 0.807. The molecule has 1 amide bonds. The molecule has 0 radical (unpaired) electrons. The zero-order valence-corrected chi connectivity index (χ0v) is 15.4. The van der Waals surface area contributed by atoms with E-state index < -0.39 is 51.0 Å². The summed E-state index contributed by atoms with van der Waals surface area (Å²) in [5.41, 5.74) is -0.641. The highest BCUT2D eigenvalue weighted by molar-refractivity contribution is 7.90. The smallest absolute Gasteiger partial charge is 0.336 e. The molecule has 0 heterocycles. The van der Waals surface area contributed by atoms with Crippen LogP contribution in [-0.2, 0) is 20.4 Å². The van der Waals surface area contributed by atoms with Crippen LogP contribution in [0.15, 0.2) is 30.3 Å². The molecule has 0 bridgehead atoms. The van der Waals surface area contributed by atoms with E-state index in [1.54, 1.807) is 30.3 Å². The summed E-state index contributed by atoms with van der Waals surface area (Å²) in [6.07, 6.45) is -3.88. The minimum atomic E-state index is -4.64. The van der Waals surface area contributed by atoms with Crippen LogP contribution in [0.25, 0.3) is 0 Å². The standard InChI is InChI=1S/C17H20F3N3O3S/c1-12(17(18,19)20)22-14(15(24)23-16(11-21)7-8-16)10-27(25,26)9-13-5-3-2-4-6-13/h2-6,12,14,22H,7-10H2,1H3,(H,23,24)/t12-,14?/m0/s1. The number of carbonyl (C=O) groups is 1. The SMILES string of the molecule is C[C@H](NC(CS(=O)(=O)Cc1ccccc1)C(=O)NC1(C#N)CC1)C(F)(F)F. The number of hydrogen-bond donors (Lipinski definition) is 2. The molecule has 1 saturated carbocycles. The van der Waals surface area contributed by atoms with Gasteiger partial charge in [0.05, 0.1) is 17.6 Å². The van der Waals surface area contributed by atoms with E-state index in [9.17, 15) is 26.4 Å². The second-order valence-corrected chi connectivity index (χ2v) is 8.82. The van der Waals surface area contributed by atoms with Gasteiger partial charge in [0.1, 0.15) is 17.6 Å². The molecule has 10 heteroatoms. The molecule has 2 rings (SSSR count). The van der Waals surface area contributed by atoms with E-state index in [-0.39, 0.29) is 0 Å². The topological polar surface area (TPSA) is 99.1 Å². The zero-order chi connectivity index (χ0) is 20.3. The van der Waals surface area contributed by atoms with Crippen molar-refractivity contribution in [3.8, 4) is 6.07 Å². The Balaban J connectivity index is 2.15. The van der Waals surface area contributed by atoms with Crippen LogP contribution in [0.2, 0.25) is 0 Å². The summed E-state index contributed by atoms with van der Waals surface area (Å²) < 4.78 is 63.5. The van der Waals surface area contributed by atoms with Crippen molar-refractivity contribution in [2.45, 2.75) is 49.3 Å². The largest absolute Gasteiger partial charge is 0.403 e. The second-order valence-electron chi connectivity index (χ2n) is 6.71. The Hall–Kier alpha value is -2.12. The highest BCUT2D eigenvalue weighted by Crippen LogP contribution is 2.34. The third-order valence-corrected chi connectivity index (χ3v) is 5.85. The fraction of sp³-hybridized carbons (Fsp3) is 0.529. The Bertz CT molecular complexity index is 815. The summed E-state index contributed by atoms with van der Waals surface area (Å²) >= 11 is 0. The predicted molar refractivity (Wildman–Crippen MR) is 92.1 cm³/mol. The first-order chi connectivity index (χ1) is 12.5. The molecule has 148 valence electrons. The van der Waals surface area contributed by atoms with Crippen molar-refractivity contribution in [2.75, 3.05) is 5.75 Å². The van der Waals surface area contributed by atoms with Gasteiger partial charge >= 0.3 is 6.18 Å². The van der Waals surface area contributed by atoms with Gasteiger partial charge in [-0.15, -0.1) is 0 Å². The lowest BCUT2D eigenvalue weighted by Gasteiger charge is -2.25. The molecule has 1 aliphatic rings. The van der Waals surface area contributed by atoms with Gasteiger partial charge in [-0.1, -0.05) is 30.3 Å². The number of amides is 1. The Labute approximate surface area is 155 Å². The monoisotopic (exact) mass is 403 g/mol. The van der Waals surface area contributed by atoms with Gasteiger partial charge in [0.2, 0.25) is 5.91 Å². The van der Waals surface area contributed by atoms with Crippen LogP contribution in [0.5, 0.6) is 0 Å². The molecule has 1 aromatic rings. The highest BCUT2D eigenvalue weighted by Gasteiger charge is 2.47. The number of alkyl halides is 3. The van der Waals surface area contributed by atoms with Crippen molar-refractivity contribution in [3.63, 3.8) is 0 Å². The van der Waals surface area contributed by atoms with Crippen LogP contribution in [0.1, 0.15) is 25.3 Å². The molecule has 6 nitrogen and oxygen atoms in total. The number of hydrogen-bond acceptors (Lipinski definition) is 5. The van der Waals surface area contributed by atoms with Crippen LogP contribution in [-0.4, -0.2) is 43.9 Å². The quantitative estimate of drug-likeness (QED) is 0.688. The van der Waals surface area contributed by atoms with Crippen molar-refractivity contribution in [1.82, 2.24) is 10.6 Å². The van der Waals surface area contributed by atoms with E-state index in [1.807, 2.05) is 11.4 Å². The molecule has 2 N–H and O–H groups in total. The summed E-state index contributed by atoms with van der Waals surface area (Å²) in [4.78, 5) is 12.4. The summed E-state index contributed by atoms with van der Waals surface area (Å²) in [5.74, 6) is -2.14. The number of halogens is 3. The van der Waals surface area contributed by atoms with E-state index >= 15 is 0 Å². The van der Waals surface area contributed by atoms with Crippen molar-refractivity contribution in [3.05, 3.63) is 35.9 Å². The molecule has 0 saturated heterocycles. The van der Waals surface area contributed by atoms with Crippen LogP contribution in [0.3, 0.4) is 0 Å². The third-order valence-electron chi connectivity index (χ3n) is 4.24. The minimum Gasteiger partial charge on any atom is -0.336 e. The van der Waals surface area contributed by atoms with Crippen molar-refractivity contribution >= 4 is 15.7 Å². The average molecular weight is 403 g/mol. The first-order valence-corrected chi connectivity index (χ1v) is 10.1. The molecule has 0 spiro atoms. The van der Waals surface area contributed by atoms with Crippen molar-refractivity contribution in [1.29, 1.82) is 5.26 Å². The second kappa shape index (κ2) is 7.86. The van der Waals surface area contributed by atoms with Crippen molar-refractivity contribution in [2.24, 2.45) is 0 Å². The average Bonchev–Trinajstić information content (AvgIpc) is 3.33. The number of nitriles is 1. The molecule has 1 unspecified atom stereocenters. The summed E-state index contributed by atoms with van der Waals surface area (Å²) in [5, 5.41) is 13.5. The lowest BCUT2D eigenvalue weighted by molar-refractivity contribution is -0.154. The molecule has 27 heavy (non-hydrogen) atoms. The molecule has 0 aliphatic heterocycles. The summed E-state index contributed by atoms with van der Waals surface area (Å²) in [6, 6.07) is 6.32. The predicted octanol–water partition coefficient (Wildman–Crippen LogP) is 1.68. The zero-order valence-electron chi connectivity index (χ0n) is 14.6. The number of rotatable bonds is 8. The lowest BCUT2D eigenvalue weighted by Crippen LogP contribution is -2.56. The molecule has 0 aromatic heterocycles. The van der Waals surface area contributed by atoms with E-state index in [4.69, 9.17) is 5.26 Å². The normalized spacial score (nSPS) is 18.2. The molecule has 1 aliphatic carbocycles. The number of nitrogens with one attached hydrogen (secondary N) is 2. The Morgan fingerprint density at radius 1 is 1.30 bits per heavy atom. The Kier molecular flexibility index (Phi) is 6.17. The van der Waals surface area contributed by atoms with Crippen LogP contribution in [0, 0.1) is 11.3 Å². The van der Waals surface area contributed by atoms with E-state index in [2.05, 4.69) is 5.32 Å². The summed E-state index contributed by atoms with van der Waals surface area (Å²) in [7, 11) is -3.89. The van der Waals surface area contributed by atoms with Gasteiger partial charge in [-0.2, -0.15) is 18.4 Å². The molecular formula is C17H20F3N3O3S. The van der Waals surface area contributed by atoms with Crippen LogP contribution >= 0.6 is 0 Å². The number of nitrogens with zero attached hydrogens (tertiary/aromatic N) is 1. The van der Waals surface area contributed by atoms with Gasteiger partial charge in [-0.05, 0) is 25.3 Å². The number of benzene rings is 1. The van der Waals surface area contributed by atoms with Gasteiger partial charge in [0, 0.05) is 0 Å². The van der Waals surface area contributed by atoms with E-state index in [0.29, 0.717) is 18.4 Å². The number of carbonyl (C=O) groups excluding carboxylic acids is 1. The molecule has 2 atom stereocenters. The van der Waals surface area contributed by atoms with Gasteiger partial charge in [-0.25, -0.2) is 8.42 Å². The highest BCUT2D eigenvalue weighted by atomic mass is 32.2.